The molecule has 0 aliphatic heterocycles. The minimum atomic E-state index is 0.258. The van der Waals surface area contributed by atoms with Gasteiger partial charge in [-0.1, -0.05) is 25.0 Å². The summed E-state index contributed by atoms with van der Waals surface area (Å²) in [4.78, 5) is 0. The first-order valence-electron chi connectivity index (χ1n) is 4.27. The fraction of sp³-hybridized carbons (Fsp3) is 0.800. The highest BCUT2D eigenvalue weighted by Crippen LogP contribution is 2.51. The van der Waals surface area contributed by atoms with Crippen LogP contribution in [0.15, 0.2) is 11.1 Å². The second-order valence-corrected chi connectivity index (χ2v) is 4.28. The van der Waals surface area contributed by atoms with Crippen LogP contribution in [0.25, 0.3) is 0 Å². The quantitative estimate of drug-likeness (QED) is 0.575. The summed E-state index contributed by atoms with van der Waals surface area (Å²) in [7, 11) is 0. The topological polar surface area (TPSA) is 20.2 Å². The average molecular weight is 154 g/mol. The number of aliphatic hydroxyl groups is 1. The lowest BCUT2D eigenvalue weighted by molar-refractivity contribution is 0.0833. The third-order valence-electron chi connectivity index (χ3n) is 3.07. The molecule has 1 atom stereocenters. The zero-order chi connectivity index (χ0) is 8.65. The van der Waals surface area contributed by atoms with Gasteiger partial charge in [0, 0.05) is 6.61 Å². The van der Waals surface area contributed by atoms with Gasteiger partial charge < -0.3 is 5.11 Å². The summed E-state index contributed by atoms with van der Waals surface area (Å²) >= 11 is 0. The maximum atomic E-state index is 9.00. The molecular formula is C10H18O. The van der Waals surface area contributed by atoms with Gasteiger partial charge in [-0.25, -0.2) is 0 Å². The van der Waals surface area contributed by atoms with E-state index >= 15 is 0 Å². The van der Waals surface area contributed by atoms with Gasteiger partial charge in [0.1, 0.15) is 0 Å². The fourth-order valence-electron chi connectivity index (χ4n) is 2.02. The molecule has 1 aliphatic carbocycles. The molecule has 0 heterocycles. The molecule has 0 aromatic carbocycles. The zero-order valence-corrected chi connectivity index (χ0v) is 7.94. The van der Waals surface area contributed by atoms with Crippen molar-refractivity contribution >= 4 is 0 Å². The van der Waals surface area contributed by atoms with Gasteiger partial charge in [-0.2, -0.15) is 0 Å². The van der Waals surface area contributed by atoms with Crippen molar-refractivity contribution in [1.82, 2.24) is 0 Å². The van der Waals surface area contributed by atoms with Crippen LogP contribution < -0.4 is 0 Å². The van der Waals surface area contributed by atoms with Crippen LogP contribution in [0.4, 0.5) is 0 Å². The lowest BCUT2D eigenvalue weighted by Crippen LogP contribution is -2.40. The molecular weight excluding hydrogens is 136 g/mol. The molecule has 1 heteroatoms. The van der Waals surface area contributed by atoms with Crippen LogP contribution in [0, 0.1) is 11.3 Å². The molecule has 0 spiro atoms. The number of hydrogen-bond acceptors (Lipinski definition) is 1. The lowest BCUT2D eigenvalue weighted by Gasteiger charge is -2.47. The second kappa shape index (κ2) is 2.63. The monoisotopic (exact) mass is 154 g/mol. The predicted molar refractivity (Wildman–Crippen MR) is 47.3 cm³/mol. The molecule has 1 aliphatic rings. The Balaban J connectivity index is 2.77. The van der Waals surface area contributed by atoms with E-state index in [9.17, 15) is 0 Å². The summed E-state index contributed by atoms with van der Waals surface area (Å²) in [6.07, 6.45) is 1.10. The molecule has 0 saturated heterocycles. The maximum Gasteiger partial charge on any atom is 0.0470 e. The van der Waals surface area contributed by atoms with Crippen molar-refractivity contribution in [2.24, 2.45) is 11.3 Å². The van der Waals surface area contributed by atoms with E-state index in [4.69, 9.17) is 5.11 Å². The van der Waals surface area contributed by atoms with E-state index in [0.29, 0.717) is 12.5 Å². The second-order valence-electron chi connectivity index (χ2n) is 4.28. The first kappa shape index (κ1) is 8.79. The summed E-state index contributed by atoms with van der Waals surface area (Å²) in [5, 5.41) is 9.00. The van der Waals surface area contributed by atoms with Crippen LogP contribution in [0.3, 0.4) is 0 Å². The number of allylic oxidation sites excluding steroid dienone is 2. The third kappa shape index (κ3) is 1.22. The first-order chi connectivity index (χ1) is 5.00. The largest absolute Gasteiger partial charge is 0.396 e. The van der Waals surface area contributed by atoms with Crippen molar-refractivity contribution < 1.29 is 5.11 Å². The Labute approximate surface area is 69.1 Å². The molecule has 1 rings (SSSR count). The number of hydrogen-bond donors (Lipinski definition) is 1. The van der Waals surface area contributed by atoms with E-state index < -0.39 is 0 Å². The summed E-state index contributed by atoms with van der Waals surface area (Å²) < 4.78 is 0. The van der Waals surface area contributed by atoms with Gasteiger partial charge in [0.2, 0.25) is 0 Å². The highest BCUT2D eigenvalue weighted by molar-refractivity contribution is 5.28. The molecule has 0 amide bonds. The molecule has 0 aromatic rings. The van der Waals surface area contributed by atoms with Crippen molar-refractivity contribution in [3.63, 3.8) is 0 Å². The van der Waals surface area contributed by atoms with Crippen LogP contribution in [0.5, 0.6) is 0 Å². The molecule has 0 aromatic heterocycles. The van der Waals surface area contributed by atoms with Crippen LogP contribution in [-0.2, 0) is 0 Å². The summed E-state index contributed by atoms with van der Waals surface area (Å²) in [6, 6.07) is 0. The number of rotatable bonds is 1. The van der Waals surface area contributed by atoms with E-state index in [-0.39, 0.29) is 5.41 Å². The SMILES string of the molecule is CC(C)=C1CC(CO)C1(C)C. The molecule has 1 nitrogen and oxygen atoms in total. The zero-order valence-electron chi connectivity index (χ0n) is 7.94. The molecule has 1 saturated carbocycles. The van der Waals surface area contributed by atoms with Crippen LogP contribution >= 0.6 is 0 Å². The Kier molecular flexibility index (Phi) is 2.10. The van der Waals surface area contributed by atoms with E-state index in [1.807, 2.05) is 0 Å². The molecule has 0 bridgehead atoms. The normalized spacial score (nSPS) is 28.1. The Hall–Kier alpha value is -0.300. The Bertz CT molecular complexity index is 185. The van der Waals surface area contributed by atoms with Crippen molar-refractivity contribution in [1.29, 1.82) is 0 Å². The molecule has 0 radical (unpaired) electrons. The summed E-state index contributed by atoms with van der Waals surface area (Å²) in [6.45, 7) is 9.10. The Morgan fingerprint density at radius 3 is 2.36 bits per heavy atom. The maximum absolute atomic E-state index is 9.00. The van der Waals surface area contributed by atoms with Gasteiger partial charge in [-0.15, -0.1) is 0 Å². The number of aliphatic hydroxyl groups excluding tert-OH is 1. The molecule has 1 N–H and O–H groups in total. The van der Waals surface area contributed by atoms with Gasteiger partial charge in [-0.05, 0) is 31.6 Å². The van der Waals surface area contributed by atoms with E-state index in [0.717, 1.165) is 6.42 Å². The Morgan fingerprint density at radius 2 is 2.09 bits per heavy atom. The minimum absolute atomic E-state index is 0.258. The standard InChI is InChI=1S/C10H18O/c1-7(2)9-5-8(6-11)10(9,3)4/h8,11H,5-6H2,1-4H3. The van der Waals surface area contributed by atoms with Crippen molar-refractivity contribution in [3.8, 4) is 0 Å². The fourth-order valence-corrected chi connectivity index (χ4v) is 2.02. The minimum Gasteiger partial charge on any atom is -0.396 e. The average Bonchev–Trinajstić information content (AvgIpc) is 1.85. The van der Waals surface area contributed by atoms with Gasteiger partial charge in [0.25, 0.3) is 0 Å². The Morgan fingerprint density at radius 1 is 1.55 bits per heavy atom. The van der Waals surface area contributed by atoms with Gasteiger partial charge in [-0.3, -0.25) is 0 Å². The van der Waals surface area contributed by atoms with Crippen molar-refractivity contribution in [2.75, 3.05) is 6.61 Å². The van der Waals surface area contributed by atoms with Gasteiger partial charge >= 0.3 is 0 Å². The third-order valence-corrected chi connectivity index (χ3v) is 3.07. The highest BCUT2D eigenvalue weighted by Gasteiger charge is 2.42. The highest BCUT2D eigenvalue weighted by atomic mass is 16.3. The van der Waals surface area contributed by atoms with E-state index in [1.165, 1.54) is 11.1 Å². The predicted octanol–water partition coefficient (Wildman–Crippen LogP) is 2.36. The van der Waals surface area contributed by atoms with Crippen LogP contribution in [0.2, 0.25) is 0 Å². The lowest BCUT2D eigenvalue weighted by atomic mass is 9.58. The molecule has 64 valence electrons. The van der Waals surface area contributed by atoms with Crippen molar-refractivity contribution in [3.05, 3.63) is 11.1 Å². The van der Waals surface area contributed by atoms with E-state index in [1.54, 1.807) is 0 Å². The molecule has 11 heavy (non-hydrogen) atoms. The smallest absolute Gasteiger partial charge is 0.0470 e. The van der Waals surface area contributed by atoms with Gasteiger partial charge in [0.05, 0.1) is 0 Å². The van der Waals surface area contributed by atoms with Crippen LogP contribution in [0.1, 0.15) is 34.1 Å². The summed E-state index contributed by atoms with van der Waals surface area (Å²) in [5.41, 5.74) is 3.23. The van der Waals surface area contributed by atoms with Crippen LogP contribution in [-0.4, -0.2) is 11.7 Å². The van der Waals surface area contributed by atoms with E-state index in [2.05, 4.69) is 27.7 Å². The first-order valence-corrected chi connectivity index (χ1v) is 4.27. The molecule has 1 unspecified atom stereocenters. The van der Waals surface area contributed by atoms with Gasteiger partial charge in [0.15, 0.2) is 0 Å². The van der Waals surface area contributed by atoms with Crippen molar-refractivity contribution in [2.45, 2.75) is 34.1 Å². The molecule has 1 fully saturated rings. The summed E-state index contributed by atoms with van der Waals surface area (Å²) in [5.74, 6) is 0.493.